The molecule has 8 heteroatoms. The van der Waals surface area contributed by atoms with E-state index in [0.29, 0.717) is 30.4 Å². The van der Waals surface area contributed by atoms with Crippen molar-refractivity contribution in [3.8, 4) is 0 Å². The largest absolute Gasteiger partial charge is 0.367 e. The van der Waals surface area contributed by atoms with Crippen molar-refractivity contribution in [3.05, 3.63) is 35.7 Å². The van der Waals surface area contributed by atoms with Gasteiger partial charge in [0.2, 0.25) is 0 Å². The van der Waals surface area contributed by atoms with Crippen LogP contribution in [0.3, 0.4) is 0 Å². The second-order valence-electron chi connectivity index (χ2n) is 4.36. The van der Waals surface area contributed by atoms with Gasteiger partial charge in [0.25, 0.3) is 5.91 Å². The van der Waals surface area contributed by atoms with Crippen LogP contribution in [0.5, 0.6) is 0 Å². The van der Waals surface area contributed by atoms with E-state index in [-0.39, 0.29) is 5.69 Å². The molecule has 0 bridgehead atoms. The average Bonchev–Trinajstić information content (AvgIpc) is 2.45. The Morgan fingerprint density at radius 3 is 2.76 bits per heavy atom. The van der Waals surface area contributed by atoms with Gasteiger partial charge in [-0.1, -0.05) is 6.07 Å². The molecular formula is C13H17N7O. The molecule has 6 N–H and O–H groups in total. The van der Waals surface area contributed by atoms with Crippen LogP contribution < -0.4 is 22.1 Å². The zero-order valence-electron chi connectivity index (χ0n) is 11.6. The highest BCUT2D eigenvalue weighted by molar-refractivity contribution is 5.97. The Kier molecular flexibility index (Phi) is 4.62. The van der Waals surface area contributed by atoms with Gasteiger partial charge in [0.05, 0.1) is 5.69 Å². The van der Waals surface area contributed by atoms with Crippen LogP contribution >= 0.6 is 0 Å². The molecule has 0 unspecified atom stereocenters. The molecule has 2 rings (SSSR count). The summed E-state index contributed by atoms with van der Waals surface area (Å²) < 4.78 is 0. The van der Waals surface area contributed by atoms with Crippen molar-refractivity contribution in [3.63, 3.8) is 0 Å². The Morgan fingerprint density at radius 1 is 1.29 bits per heavy atom. The summed E-state index contributed by atoms with van der Waals surface area (Å²) in [4.78, 5) is 15.7. The summed E-state index contributed by atoms with van der Waals surface area (Å²) in [6.45, 7) is 2.88. The number of carbonyl (C=O) groups is 1. The number of nitrogens with two attached hydrogens (primary N) is 2. The molecule has 110 valence electrons. The third-order valence-corrected chi connectivity index (χ3v) is 2.63. The molecule has 0 aromatic carbocycles. The van der Waals surface area contributed by atoms with Crippen LogP contribution in [0.25, 0.3) is 0 Å². The number of pyridine rings is 1. The first-order valence-corrected chi connectivity index (χ1v) is 6.42. The first-order chi connectivity index (χ1) is 10.1. The normalized spacial score (nSPS) is 10.2. The van der Waals surface area contributed by atoms with Gasteiger partial charge in [0, 0.05) is 24.8 Å². The molecule has 2 heterocycles. The number of rotatable bonds is 6. The van der Waals surface area contributed by atoms with Gasteiger partial charge >= 0.3 is 0 Å². The van der Waals surface area contributed by atoms with Crippen LogP contribution in [0.4, 0.5) is 17.3 Å². The van der Waals surface area contributed by atoms with Crippen LogP contribution in [0.1, 0.15) is 16.2 Å². The fourth-order valence-electron chi connectivity index (χ4n) is 1.71. The van der Waals surface area contributed by atoms with E-state index in [1.807, 2.05) is 19.1 Å². The summed E-state index contributed by atoms with van der Waals surface area (Å²) in [6, 6.07) is 7.16. The number of nitrogens with zero attached hydrogens (tertiary/aromatic N) is 3. The monoisotopic (exact) mass is 287 g/mol. The van der Waals surface area contributed by atoms with E-state index in [2.05, 4.69) is 25.8 Å². The molecule has 0 aliphatic heterocycles. The number of nitrogens with one attached hydrogen (secondary N) is 2. The predicted molar refractivity (Wildman–Crippen MR) is 80.4 cm³/mol. The molecule has 1 amide bonds. The number of amides is 1. The van der Waals surface area contributed by atoms with E-state index < -0.39 is 5.91 Å². The van der Waals surface area contributed by atoms with E-state index in [9.17, 15) is 4.79 Å². The molecule has 2 aromatic heterocycles. The first kappa shape index (κ1) is 14.7. The Balaban J connectivity index is 2.31. The van der Waals surface area contributed by atoms with Crippen molar-refractivity contribution in [2.45, 2.75) is 6.92 Å². The number of aryl methyl sites for hydroxylation is 1. The maximum absolute atomic E-state index is 11.4. The summed E-state index contributed by atoms with van der Waals surface area (Å²) in [5, 5.41) is 13.7. The smallest absolute Gasteiger partial charge is 0.271 e. The molecule has 21 heavy (non-hydrogen) atoms. The fourth-order valence-corrected chi connectivity index (χ4v) is 1.71. The highest BCUT2D eigenvalue weighted by Gasteiger charge is 2.13. The number of anilines is 3. The van der Waals surface area contributed by atoms with Gasteiger partial charge in [0.1, 0.15) is 5.82 Å². The summed E-state index contributed by atoms with van der Waals surface area (Å²) >= 11 is 0. The Morgan fingerprint density at radius 2 is 2.10 bits per heavy atom. The Hall–Kier alpha value is -2.74. The van der Waals surface area contributed by atoms with Gasteiger partial charge in [-0.15, -0.1) is 10.2 Å². The maximum atomic E-state index is 11.4. The molecule has 0 radical (unpaired) electrons. The van der Waals surface area contributed by atoms with Crippen molar-refractivity contribution in [2.75, 3.05) is 23.7 Å². The van der Waals surface area contributed by atoms with Crippen molar-refractivity contribution >= 4 is 23.2 Å². The Labute approximate surface area is 122 Å². The van der Waals surface area contributed by atoms with Crippen molar-refractivity contribution in [1.82, 2.24) is 15.2 Å². The maximum Gasteiger partial charge on any atom is 0.271 e. The lowest BCUT2D eigenvalue weighted by atomic mass is 10.3. The molecule has 8 nitrogen and oxygen atoms in total. The number of primary amides is 1. The van der Waals surface area contributed by atoms with Crippen LogP contribution in [0, 0.1) is 6.92 Å². The van der Waals surface area contributed by atoms with E-state index in [1.165, 1.54) is 0 Å². The van der Waals surface area contributed by atoms with Crippen LogP contribution in [-0.4, -0.2) is 34.2 Å². The van der Waals surface area contributed by atoms with E-state index in [1.54, 1.807) is 12.1 Å². The SMILES string of the molecule is Cc1cccc(Nc2cc(NCCN)nnc2C(N)=O)n1. The van der Waals surface area contributed by atoms with Gasteiger partial charge < -0.3 is 22.1 Å². The third kappa shape index (κ3) is 3.86. The standard InChI is InChI=1S/C13H17N7O/c1-8-3-2-4-10(17-8)18-9-7-11(16-6-5-14)19-20-12(9)13(15)21/h2-4,7H,5-6,14H2,1H3,(H2,15,21)(H2,16,17,18,19). The molecule has 0 saturated carbocycles. The molecular weight excluding hydrogens is 270 g/mol. The van der Waals surface area contributed by atoms with Gasteiger partial charge in [-0.3, -0.25) is 4.79 Å². The van der Waals surface area contributed by atoms with Gasteiger partial charge in [-0.2, -0.15) is 0 Å². The van der Waals surface area contributed by atoms with Gasteiger partial charge in [-0.25, -0.2) is 4.98 Å². The minimum atomic E-state index is -0.664. The molecule has 0 fully saturated rings. The van der Waals surface area contributed by atoms with Crippen molar-refractivity contribution in [1.29, 1.82) is 0 Å². The molecule has 0 atom stereocenters. The number of hydrogen-bond donors (Lipinski definition) is 4. The molecule has 0 aliphatic carbocycles. The first-order valence-electron chi connectivity index (χ1n) is 6.42. The van der Waals surface area contributed by atoms with E-state index in [4.69, 9.17) is 11.5 Å². The van der Waals surface area contributed by atoms with Crippen LogP contribution in [-0.2, 0) is 0 Å². The average molecular weight is 287 g/mol. The molecule has 0 spiro atoms. The summed E-state index contributed by atoms with van der Waals surface area (Å²) in [6.07, 6.45) is 0. The highest BCUT2D eigenvalue weighted by Crippen LogP contribution is 2.20. The van der Waals surface area contributed by atoms with E-state index >= 15 is 0 Å². The van der Waals surface area contributed by atoms with Crippen molar-refractivity contribution in [2.24, 2.45) is 11.5 Å². The summed E-state index contributed by atoms with van der Waals surface area (Å²) in [5.41, 5.74) is 12.1. The lowest BCUT2D eigenvalue weighted by Crippen LogP contribution is -2.19. The predicted octanol–water partition coefficient (Wildman–Crippen LogP) is 0.393. The lowest BCUT2D eigenvalue weighted by Gasteiger charge is -2.11. The number of aromatic nitrogens is 3. The van der Waals surface area contributed by atoms with Crippen LogP contribution in [0.2, 0.25) is 0 Å². The van der Waals surface area contributed by atoms with Gasteiger partial charge in [0.15, 0.2) is 11.5 Å². The van der Waals surface area contributed by atoms with Crippen LogP contribution in [0.15, 0.2) is 24.3 Å². The summed E-state index contributed by atoms with van der Waals surface area (Å²) in [7, 11) is 0. The minimum Gasteiger partial charge on any atom is -0.367 e. The second-order valence-corrected chi connectivity index (χ2v) is 4.36. The molecule has 0 aliphatic rings. The highest BCUT2D eigenvalue weighted by atomic mass is 16.1. The third-order valence-electron chi connectivity index (χ3n) is 2.63. The lowest BCUT2D eigenvalue weighted by molar-refractivity contribution is 0.0995. The second kappa shape index (κ2) is 6.62. The van der Waals surface area contributed by atoms with Crippen molar-refractivity contribution < 1.29 is 4.79 Å². The van der Waals surface area contributed by atoms with E-state index in [0.717, 1.165) is 5.69 Å². The Bertz CT molecular complexity index is 644. The number of hydrogen-bond acceptors (Lipinski definition) is 7. The zero-order valence-corrected chi connectivity index (χ0v) is 11.6. The number of carbonyl (C=O) groups excluding carboxylic acids is 1. The molecule has 2 aromatic rings. The topological polar surface area (TPSA) is 132 Å². The minimum absolute atomic E-state index is 0.0524. The quantitative estimate of drug-likeness (QED) is 0.604. The molecule has 0 saturated heterocycles. The zero-order chi connectivity index (χ0) is 15.2. The fraction of sp³-hybridized carbons (Fsp3) is 0.231. The van der Waals surface area contributed by atoms with Gasteiger partial charge in [-0.05, 0) is 19.1 Å². The summed E-state index contributed by atoms with van der Waals surface area (Å²) in [5.74, 6) is 0.430.